The highest BCUT2D eigenvalue weighted by Crippen LogP contribution is 2.48. The Labute approximate surface area is 117 Å². The minimum absolute atomic E-state index is 0.281. The van der Waals surface area contributed by atoms with Crippen molar-refractivity contribution in [2.75, 3.05) is 5.73 Å². The molecule has 0 aromatic carbocycles. The first kappa shape index (κ1) is 14.4. The number of nitrogens with zero attached hydrogens (tertiary/aromatic N) is 2. The maximum atomic E-state index is 6.26. The monoisotopic (exact) mass is 263 g/mol. The fourth-order valence-corrected chi connectivity index (χ4v) is 3.89. The molecule has 1 heterocycles. The summed E-state index contributed by atoms with van der Waals surface area (Å²) < 4.78 is 1.88. The highest BCUT2D eigenvalue weighted by Gasteiger charge is 2.41. The molecule has 2 N–H and O–H groups in total. The first-order chi connectivity index (χ1) is 8.87. The lowest BCUT2D eigenvalue weighted by molar-refractivity contribution is 0.333. The van der Waals surface area contributed by atoms with Gasteiger partial charge in [0.15, 0.2) is 0 Å². The lowest BCUT2D eigenvalue weighted by Crippen LogP contribution is -2.27. The third-order valence-electron chi connectivity index (χ3n) is 4.57. The molecule has 0 aliphatic heterocycles. The number of hydrogen-bond donors (Lipinski definition) is 1. The van der Waals surface area contributed by atoms with Gasteiger partial charge in [-0.25, -0.2) is 0 Å². The Hall–Kier alpha value is -0.990. The Morgan fingerprint density at radius 2 is 1.79 bits per heavy atom. The van der Waals surface area contributed by atoms with Crippen molar-refractivity contribution in [2.45, 2.75) is 71.1 Å². The molecule has 0 bridgehead atoms. The minimum atomic E-state index is 0.281. The molecule has 1 aromatic heterocycles. The quantitative estimate of drug-likeness (QED) is 0.892. The van der Waals surface area contributed by atoms with E-state index in [0.29, 0.717) is 11.8 Å². The van der Waals surface area contributed by atoms with Crippen LogP contribution in [0.25, 0.3) is 0 Å². The largest absolute Gasteiger partial charge is 0.384 e. The summed E-state index contributed by atoms with van der Waals surface area (Å²) in [5, 5.41) is 4.83. The second-order valence-corrected chi connectivity index (χ2v) is 7.01. The van der Waals surface area contributed by atoms with E-state index in [1.54, 1.807) is 0 Å². The van der Waals surface area contributed by atoms with Gasteiger partial charge in [-0.05, 0) is 31.1 Å². The van der Waals surface area contributed by atoms with Gasteiger partial charge in [0.05, 0.1) is 5.69 Å². The number of rotatable bonds is 4. The molecule has 0 unspecified atom stereocenters. The minimum Gasteiger partial charge on any atom is -0.384 e. The summed E-state index contributed by atoms with van der Waals surface area (Å²) in [4.78, 5) is 0. The number of nitrogens with two attached hydrogens (primary N) is 1. The standard InChI is InChI=1S/C16H29N3/c1-11(2)10-16(8-6-7-9-16)14-13(12(3)4)15(17)19(5)18-14/h11-12H,6-10,17H2,1-5H3. The van der Waals surface area contributed by atoms with Gasteiger partial charge in [-0.15, -0.1) is 0 Å². The van der Waals surface area contributed by atoms with Crippen LogP contribution >= 0.6 is 0 Å². The molecule has 108 valence electrons. The lowest BCUT2D eigenvalue weighted by Gasteiger charge is -2.31. The van der Waals surface area contributed by atoms with Gasteiger partial charge in [0.2, 0.25) is 0 Å². The number of hydrogen-bond acceptors (Lipinski definition) is 2. The van der Waals surface area contributed by atoms with E-state index in [2.05, 4.69) is 27.7 Å². The zero-order chi connectivity index (χ0) is 14.2. The van der Waals surface area contributed by atoms with Gasteiger partial charge >= 0.3 is 0 Å². The number of anilines is 1. The summed E-state index contributed by atoms with van der Waals surface area (Å²) in [7, 11) is 1.97. The zero-order valence-corrected chi connectivity index (χ0v) is 13.2. The first-order valence-electron chi connectivity index (χ1n) is 7.70. The normalized spacial score (nSPS) is 18.7. The lowest BCUT2D eigenvalue weighted by atomic mass is 9.73. The predicted molar refractivity (Wildman–Crippen MR) is 81.3 cm³/mol. The molecule has 0 radical (unpaired) electrons. The van der Waals surface area contributed by atoms with Crippen LogP contribution in [0.1, 0.15) is 77.0 Å². The van der Waals surface area contributed by atoms with Gasteiger partial charge < -0.3 is 5.73 Å². The molecule has 19 heavy (non-hydrogen) atoms. The van der Waals surface area contributed by atoms with Gasteiger partial charge in [-0.3, -0.25) is 4.68 Å². The van der Waals surface area contributed by atoms with Crippen LogP contribution < -0.4 is 5.73 Å². The Morgan fingerprint density at radius 3 is 2.26 bits per heavy atom. The van der Waals surface area contributed by atoms with Gasteiger partial charge in [-0.2, -0.15) is 5.10 Å². The average molecular weight is 263 g/mol. The molecule has 0 spiro atoms. The van der Waals surface area contributed by atoms with E-state index in [9.17, 15) is 0 Å². The zero-order valence-electron chi connectivity index (χ0n) is 13.2. The summed E-state index contributed by atoms with van der Waals surface area (Å²) in [5.74, 6) is 2.02. The molecule has 1 aliphatic carbocycles. The van der Waals surface area contributed by atoms with Gasteiger partial charge in [0, 0.05) is 18.0 Å². The van der Waals surface area contributed by atoms with E-state index in [0.717, 1.165) is 5.82 Å². The van der Waals surface area contributed by atoms with Crippen LogP contribution in [0.4, 0.5) is 5.82 Å². The topological polar surface area (TPSA) is 43.8 Å². The van der Waals surface area contributed by atoms with Crippen molar-refractivity contribution in [1.29, 1.82) is 0 Å². The molecular weight excluding hydrogens is 234 g/mol. The van der Waals surface area contributed by atoms with Gasteiger partial charge in [0.25, 0.3) is 0 Å². The van der Waals surface area contributed by atoms with Crippen molar-refractivity contribution in [2.24, 2.45) is 13.0 Å². The molecule has 1 saturated carbocycles. The van der Waals surface area contributed by atoms with Crippen LogP contribution in [0.2, 0.25) is 0 Å². The third kappa shape index (κ3) is 2.52. The highest BCUT2D eigenvalue weighted by molar-refractivity contribution is 5.48. The first-order valence-corrected chi connectivity index (χ1v) is 7.70. The van der Waals surface area contributed by atoms with E-state index in [-0.39, 0.29) is 5.41 Å². The summed E-state index contributed by atoms with van der Waals surface area (Å²) in [5.41, 5.74) is 9.14. The maximum absolute atomic E-state index is 6.26. The molecule has 0 saturated heterocycles. The molecule has 1 fully saturated rings. The average Bonchev–Trinajstić information content (AvgIpc) is 2.85. The summed E-state index contributed by atoms with van der Waals surface area (Å²) in [6, 6.07) is 0. The van der Waals surface area contributed by atoms with Gasteiger partial charge in [0.1, 0.15) is 5.82 Å². The second-order valence-electron chi connectivity index (χ2n) is 7.01. The van der Waals surface area contributed by atoms with Crippen LogP contribution in [0.3, 0.4) is 0 Å². The summed E-state index contributed by atoms with van der Waals surface area (Å²) in [6.45, 7) is 9.10. The second kappa shape index (κ2) is 5.18. The van der Waals surface area contributed by atoms with Crippen molar-refractivity contribution < 1.29 is 0 Å². The Morgan fingerprint density at radius 1 is 1.21 bits per heavy atom. The number of aryl methyl sites for hydroxylation is 1. The molecule has 1 aliphatic rings. The third-order valence-corrected chi connectivity index (χ3v) is 4.57. The van der Waals surface area contributed by atoms with Crippen molar-refractivity contribution in [1.82, 2.24) is 9.78 Å². The van der Waals surface area contributed by atoms with Crippen molar-refractivity contribution in [3.63, 3.8) is 0 Å². The van der Waals surface area contributed by atoms with Crippen LogP contribution in [-0.2, 0) is 12.5 Å². The van der Waals surface area contributed by atoms with Crippen molar-refractivity contribution >= 4 is 5.82 Å². The van der Waals surface area contributed by atoms with E-state index in [1.807, 2.05) is 11.7 Å². The van der Waals surface area contributed by atoms with E-state index < -0.39 is 0 Å². The van der Waals surface area contributed by atoms with E-state index in [4.69, 9.17) is 10.8 Å². The Balaban J connectivity index is 2.51. The van der Waals surface area contributed by atoms with Crippen LogP contribution in [0.5, 0.6) is 0 Å². The Bertz CT molecular complexity index is 437. The SMILES string of the molecule is CC(C)CC1(c2nn(C)c(N)c2C(C)C)CCCC1. The van der Waals surface area contributed by atoms with Crippen LogP contribution in [-0.4, -0.2) is 9.78 Å². The van der Waals surface area contributed by atoms with Crippen molar-refractivity contribution in [3.05, 3.63) is 11.3 Å². The molecule has 3 heteroatoms. The van der Waals surface area contributed by atoms with Crippen LogP contribution in [0.15, 0.2) is 0 Å². The van der Waals surface area contributed by atoms with E-state index >= 15 is 0 Å². The van der Waals surface area contributed by atoms with Crippen molar-refractivity contribution in [3.8, 4) is 0 Å². The van der Waals surface area contributed by atoms with Crippen LogP contribution in [0, 0.1) is 5.92 Å². The van der Waals surface area contributed by atoms with E-state index in [1.165, 1.54) is 43.4 Å². The number of nitrogen functional groups attached to an aromatic ring is 1. The smallest absolute Gasteiger partial charge is 0.125 e. The summed E-state index contributed by atoms with van der Waals surface area (Å²) in [6.07, 6.45) is 6.47. The highest BCUT2D eigenvalue weighted by atomic mass is 15.3. The maximum Gasteiger partial charge on any atom is 0.125 e. The molecular formula is C16H29N3. The molecule has 3 nitrogen and oxygen atoms in total. The fraction of sp³-hybridized carbons (Fsp3) is 0.812. The molecule has 1 aromatic rings. The van der Waals surface area contributed by atoms with Gasteiger partial charge in [-0.1, -0.05) is 40.5 Å². The summed E-state index contributed by atoms with van der Waals surface area (Å²) >= 11 is 0. The molecule has 2 rings (SSSR count). The number of aromatic nitrogens is 2. The molecule has 0 atom stereocenters. The Kier molecular flexibility index (Phi) is 3.93. The molecule has 0 amide bonds. The predicted octanol–water partition coefficient (Wildman–Crippen LogP) is 3.98. The fourth-order valence-electron chi connectivity index (χ4n) is 3.89.